The Morgan fingerprint density at radius 1 is 1.31 bits per heavy atom. The topological polar surface area (TPSA) is 21.3 Å². The molecule has 0 saturated heterocycles. The number of nitrogens with one attached hydrogen (secondary N) is 1. The number of hydrogen-bond donors (Lipinski definition) is 1. The van der Waals surface area contributed by atoms with Crippen molar-refractivity contribution in [1.29, 1.82) is 0 Å². The summed E-state index contributed by atoms with van der Waals surface area (Å²) in [6, 6.07) is 4.17. The second kappa shape index (κ2) is 4.78. The summed E-state index contributed by atoms with van der Waals surface area (Å²) in [4.78, 5) is 0. The molecule has 1 aromatic rings. The third-order valence-corrected chi connectivity index (χ3v) is 2.79. The SMILES string of the molecule is CCOC1CC(Nc2ccc(F)c(F)c2)C1. The van der Waals surface area contributed by atoms with E-state index in [2.05, 4.69) is 5.32 Å². The van der Waals surface area contributed by atoms with E-state index in [4.69, 9.17) is 4.74 Å². The molecule has 0 spiro atoms. The van der Waals surface area contributed by atoms with E-state index in [0.717, 1.165) is 25.5 Å². The smallest absolute Gasteiger partial charge is 0.160 e. The van der Waals surface area contributed by atoms with Crippen LogP contribution in [0, 0.1) is 11.6 Å². The molecular weight excluding hydrogens is 212 g/mol. The molecule has 0 amide bonds. The van der Waals surface area contributed by atoms with E-state index in [1.165, 1.54) is 6.07 Å². The van der Waals surface area contributed by atoms with Crippen LogP contribution in [0.4, 0.5) is 14.5 Å². The van der Waals surface area contributed by atoms with E-state index in [0.29, 0.717) is 17.8 Å². The molecule has 0 atom stereocenters. The molecule has 0 radical (unpaired) electrons. The van der Waals surface area contributed by atoms with Gasteiger partial charge in [-0.25, -0.2) is 8.78 Å². The van der Waals surface area contributed by atoms with E-state index in [1.807, 2.05) is 6.92 Å². The van der Waals surface area contributed by atoms with E-state index in [1.54, 1.807) is 6.07 Å². The van der Waals surface area contributed by atoms with Gasteiger partial charge in [-0.1, -0.05) is 0 Å². The maximum Gasteiger partial charge on any atom is 0.160 e. The highest BCUT2D eigenvalue weighted by Crippen LogP contribution is 2.27. The summed E-state index contributed by atoms with van der Waals surface area (Å²) in [7, 11) is 0. The fraction of sp³-hybridized carbons (Fsp3) is 0.500. The van der Waals surface area contributed by atoms with Crippen LogP contribution in [-0.4, -0.2) is 18.8 Å². The van der Waals surface area contributed by atoms with Crippen molar-refractivity contribution in [2.45, 2.75) is 31.9 Å². The van der Waals surface area contributed by atoms with Gasteiger partial charge in [-0.15, -0.1) is 0 Å². The van der Waals surface area contributed by atoms with Gasteiger partial charge in [0.25, 0.3) is 0 Å². The summed E-state index contributed by atoms with van der Waals surface area (Å²) in [5, 5.41) is 3.15. The summed E-state index contributed by atoms with van der Waals surface area (Å²) >= 11 is 0. The quantitative estimate of drug-likeness (QED) is 0.853. The lowest BCUT2D eigenvalue weighted by Crippen LogP contribution is -2.40. The molecule has 1 saturated carbocycles. The number of ether oxygens (including phenoxy) is 1. The van der Waals surface area contributed by atoms with Crippen molar-refractivity contribution in [3.05, 3.63) is 29.8 Å². The van der Waals surface area contributed by atoms with Gasteiger partial charge in [0.15, 0.2) is 11.6 Å². The van der Waals surface area contributed by atoms with Crippen LogP contribution in [0.5, 0.6) is 0 Å². The van der Waals surface area contributed by atoms with Gasteiger partial charge in [0.05, 0.1) is 6.10 Å². The van der Waals surface area contributed by atoms with Crippen molar-refractivity contribution in [3.63, 3.8) is 0 Å². The Morgan fingerprint density at radius 2 is 2.06 bits per heavy atom. The summed E-state index contributed by atoms with van der Waals surface area (Å²) in [5.74, 6) is -1.63. The van der Waals surface area contributed by atoms with Crippen molar-refractivity contribution in [1.82, 2.24) is 0 Å². The third-order valence-electron chi connectivity index (χ3n) is 2.79. The molecule has 1 aliphatic rings. The second-order valence-corrected chi connectivity index (χ2v) is 4.02. The summed E-state index contributed by atoms with van der Waals surface area (Å²) in [6.07, 6.45) is 2.16. The van der Waals surface area contributed by atoms with E-state index in [9.17, 15) is 8.78 Å². The predicted molar refractivity (Wildman–Crippen MR) is 58.4 cm³/mol. The van der Waals surface area contributed by atoms with Crippen LogP contribution < -0.4 is 5.32 Å². The Kier molecular flexibility index (Phi) is 3.39. The first kappa shape index (κ1) is 11.3. The maximum absolute atomic E-state index is 12.9. The zero-order valence-electron chi connectivity index (χ0n) is 9.17. The van der Waals surface area contributed by atoms with Crippen molar-refractivity contribution >= 4 is 5.69 Å². The molecule has 88 valence electrons. The van der Waals surface area contributed by atoms with Crippen LogP contribution in [-0.2, 0) is 4.74 Å². The van der Waals surface area contributed by atoms with Crippen LogP contribution in [0.3, 0.4) is 0 Å². The molecule has 1 aliphatic carbocycles. The number of hydrogen-bond acceptors (Lipinski definition) is 2. The minimum absolute atomic E-state index is 0.307. The molecule has 1 N–H and O–H groups in total. The number of halogens is 2. The highest BCUT2D eigenvalue weighted by atomic mass is 19.2. The molecule has 2 nitrogen and oxygen atoms in total. The molecule has 1 fully saturated rings. The second-order valence-electron chi connectivity index (χ2n) is 4.02. The lowest BCUT2D eigenvalue weighted by molar-refractivity contribution is 0.00299. The van der Waals surface area contributed by atoms with Gasteiger partial charge in [-0.2, -0.15) is 0 Å². The normalized spacial score (nSPS) is 23.9. The summed E-state index contributed by atoms with van der Waals surface area (Å²) < 4.78 is 31.0. The van der Waals surface area contributed by atoms with Crippen LogP contribution in [0.25, 0.3) is 0 Å². The summed E-state index contributed by atoms with van der Waals surface area (Å²) in [6.45, 7) is 2.69. The van der Waals surface area contributed by atoms with Crippen molar-refractivity contribution in [2.24, 2.45) is 0 Å². The standard InChI is InChI=1S/C12H15F2NO/c1-2-16-10-5-9(6-10)15-8-3-4-11(13)12(14)7-8/h3-4,7,9-10,15H,2,5-6H2,1H3. The average Bonchev–Trinajstić information content (AvgIpc) is 2.20. The number of anilines is 1. The molecule has 0 bridgehead atoms. The lowest BCUT2D eigenvalue weighted by atomic mass is 9.89. The molecule has 0 unspecified atom stereocenters. The maximum atomic E-state index is 12.9. The van der Waals surface area contributed by atoms with Gasteiger partial charge in [-0.05, 0) is 31.9 Å². The number of rotatable bonds is 4. The Hall–Kier alpha value is -1.16. The molecule has 0 aromatic heterocycles. The molecule has 16 heavy (non-hydrogen) atoms. The fourth-order valence-corrected chi connectivity index (χ4v) is 1.88. The Bertz CT molecular complexity index is 364. The Labute approximate surface area is 93.6 Å². The fourth-order valence-electron chi connectivity index (χ4n) is 1.88. The molecule has 2 rings (SSSR count). The van der Waals surface area contributed by atoms with Crippen molar-refractivity contribution in [2.75, 3.05) is 11.9 Å². The van der Waals surface area contributed by atoms with Gasteiger partial charge in [0.1, 0.15) is 0 Å². The first-order valence-corrected chi connectivity index (χ1v) is 5.52. The van der Waals surface area contributed by atoms with E-state index < -0.39 is 11.6 Å². The first-order chi connectivity index (χ1) is 7.69. The van der Waals surface area contributed by atoms with Crippen LogP contribution in [0.15, 0.2) is 18.2 Å². The zero-order chi connectivity index (χ0) is 11.5. The van der Waals surface area contributed by atoms with Crippen molar-refractivity contribution in [3.8, 4) is 0 Å². The highest BCUT2D eigenvalue weighted by molar-refractivity contribution is 5.44. The first-order valence-electron chi connectivity index (χ1n) is 5.52. The molecule has 0 aliphatic heterocycles. The predicted octanol–water partition coefficient (Wildman–Crippen LogP) is 2.94. The minimum Gasteiger partial charge on any atom is -0.382 e. The van der Waals surface area contributed by atoms with Gasteiger partial charge in [-0.3, -0.25) is 0 Å². The van der Waals surface area contributed by atoms with Crippen LogP contribution >= 0.6 is 0 Å². The molecule has 1 aromatic carbocycles. The monoisotopic (exact) mass is 227 g/mol. The Balaban J connectivity index is 1.84. The largest absolute Gasteiger partial charge is 0.382 e. The zero-order valence-corrected chi connectivity index (χ0v) is 9.17. The highest BCUT2D eigenvalue weighted by Gasteiger charge is 2.29. The molecule has 0 heterocycles. The van der Waals surface area contributed by atoms with Crippen LogP contribution in [0.2, 0.25) is 0 Å². The van der Waals surface area contributed by atoms with Crippen molar-refractivity contribution < 1.29 is 13.5 Å². The van der Waals surface area contributed by atoms with E-state index >= 15 is 0 Å². The lowest BCUT2D eigenvalue weighted by Gasteiger charge is -2.36. The summed E-state index contributed by atoms with van der Waals surface area (Å²) in [5.41, 5.74) is 0.624. The average molecular weight is 227 g/mol. The molecule has 4 heteroatoms. The van der Waals surface area contributed by atoms with Gasteiger partial charge < -0.3 is 10.1 Å². The third kappa shape index (κ3) is 2.50. The Morgan fingerprint density at radius 3 is 2.69 bits per heavy atom. The van der Waals surface area contributed by atoms with E-state index in [-0.39, 0.29) is 0 Å². The minimum atomic E-state index is -0.814. The number of benzene rings is 1. The van der Waals surface area contributed by atoms with Crippen LogP contribution in [0.1, 0.15) is 19.8 Å². The van der Waals surface area contributed by atoms with Gasteiger partial charge in [0, 0.05) is 24.4 Å². The van der Waals surface area contributed by atoms with Gasteiger partial charge >= 0.3 is 0 Å². The molecular formula is C12H15F2NO. The van der Waals surface area contributed by atoms with Gasteiger partial charge in [0.2, 0.25) is 0 Å².